The van der Waals surface area contributed by atoms with Gasteiger partial charge in [0, 0.05) is 17.6 Å². The highest BCUT2D eigenvalue weighted by atomic mass is 16.3. The number of phenolic OH excluding ortho intramolecular Hbond substituents is 1. The van der Waals surface area contributed by atoms with Gasteiger partial charge in [0.15, 0.2) is 0 Å². The van der Waals surface area contributed by atoms with Crippen LogP contribution >= 0.6 is 0 Å². The molecule has 2 N–H and O–H groups in total. The fourth-order valence-electron chi connectivity index (χ4n) is 2.32. The molecule has 0 aromatic heterocycles. The van der Waals surface area contributed by atoms with Gasteiger partial charge < -0.3 is 10.4 Å². The summed E-state index contributed by atoms with van der Waals surface area (Å²) in [7, 11) is 0. The smallest absolute Gasteiger partial charge is 0.120 e. The van der Waals surface area contributed by atoms with Crippen molar-refractivity contribution in [2.75, 3.05) is 0 Å². The van der Waals surface area contributed by atoms with E-state index < -0.39 is 0 Å². The molecule has 0 aliphatic heterocycles. The second-order valence-electron chi connectivity index (χ2n) is 5.08. The second-order valence-corrected chi connectivity index (χ2v) is 5.08. The molecule has 2 heteroatoms. The average Bonchev–Trinajstić information content (AvgIpc) is 2.39. The van der Waals surface area contributed by atoms with Crippen molar-refractivity contribution in [3.8, 4) is 5.75 Å². The zero-order valence-corrected chi connectivity index (χ0v) is 11.7. The van der Waals surface area contributed by atoms with E-state index in [1.54, 1.807) is 6.07 Å². The Hall–Kier alpha value is -1.80. The molecule has 2 atom stereocenters. The number of aryl methyl sites for hydroxylation is 1. The van der Waals surface area contributed by atoms with E-state index in [1.165, 1.54) is 5.56 Å². The summed E-state index contributed by atoms with van der Waals surface area (Å²) in [6.07, 6.45) is 0. The quantitative estimate of drug-likeness (QED) is 0.861. The fraction of sp³-hybridized carbons (Fsp3) is 0.294. The van der Waals surface area contributed by atoms with Crippen molar-refractivity contribution in [3.63, 3.8) is 0 Å². The van der Waals surface area contributed by atoms with Crippen LogP contribution in [0, 0.1) is 6.92 Å². The van der Waals surface area contributed by atoms with Crippen LogP contribution in [0.2, 0.25) is 0 Å². The predicted molar refractivity (Wildman–Crippen MR) is 79.3 cm³/mol. The van der Waals surface area contributed by atoms with Gasteiger partial charge in [0.2, 0.25) is 0 Å². The molecule has 0 saturated carbocycles. The molecule has 0 fully saturated rings. The highest BCUT2D eigenvalue weighted by molar-refractivity contribution is 5.38. The summed E-state index contributed by atoms with van der Waals surface area (Å²) < 4.78 is 0. The monoisotopic (exact) mass is 255 g/mol. The number of nitrogens with one attached hydrogen (secondary N) is 1. The molecular formula is C17H21NO. The Balaban J connectivity index is 2.10. The van der Waals surface area contributed by atoms with Crippen molar-refractivity contribution in [1.82, 2.24) is 5.32 Å². The van der Waals surface area contributed by atoms with Gasteiger partial charge in [-0.3, -0.25) is 0 Å². The van der Waals surface area contributed by atoms with E-state index in [-0.39, 0.29) is 12.1 Å². The topological polar surface area (TPSA) is 32.3 Å². The summed E-state index contributed by atoms with van der Waals surface area (Å²) >= 11 is 0. The molecule has 0 spiro atoms. The highest BCUT2D eigenvalue weighted by Gasteiger charge is 2.13. The lowest BCUT2D eigenvalue weighted by atomic mass is 10.0. The summed E-state index contributed by atoms with van der Waals surface area (Å²) in [6, 6.07) is 16.5. The van der Waals surface area contributed by atoms with E-state index in [9.17, 15) is 5.11 Å². The van der Waals surface area contributed by atoms with Crippen molar-refractivity contribution < 1.29 is 5.11 Å². The molecular weight excluding hydrogens is 234 g/mol. The maximum Gasteiger partial charge on any atom is 0.120 e. The molecule has 0 heterocycles. The first-order valence-corrected chi connectivity index (χ1v) is 6.68. The zero-order chi connectivity index (χ0) is 13.8. The van der Waals surface area contributed by atoms with Gasteiger partial charge in [-0.1, -0.05) is 42.5 Å². The van der Waals surface area contributed by atoms with E-state index in [4.69, 9.17) is 0 Å². The van der Waals surface area contributed by atoms with Crippen molar-refractivity contribution in [2.45, 2.75) is 32.9 Å². The summed E-state index contributed by atoms with van der Waals surface area (Å²) in [5.74, 6) is 0.361. The van der Waals surface area contributed by atoms with Gasteiger partial charge in [0.05, 0.1) is 0 Å². The molecule has 1 unspecified atom stereocenters. The van der Waals surface area contributed by atoms with Gasteiger partial charge >= 0.3 is 0 Å². The van der Waals surface area contributed by atoms with Crippen molar-refractivity contribution >= 4 is 0 Å². The summed E-state index contributed by atoms with van der Waals surface area (Å²) in [5, 5.41) is 13.5. The summed E-state index contributed by atoms with van der Waals surface area (Å²) in [4.78, 5) is 0. The summed E-state index contributed by atoms with van der Waals surface area (Å²) in [5.41, 5.74) is 3.26. The van der Waals surface area contributed by atoms with Crippen LogP contribution in [0.25, 0.3) is 0 Å². The Morgan fingerprint density at radius 3 is 2.26 bits per heavy atom. The molecule has 0 radical (unpaired) electrons. The predicted octanol–water partition coefficient (Wildman–Crippen LogP) is 4.11. The fourth-order valence-corrected chi connectivity index (χ4v) is 2.32. The number of benzene rings is 2. The Kier molecular flexibility index (Phi) is 4.23. The van der Waals surface area contributed by atoms with Gasteiger partial charge in [-0.2, -0.15) is 0 Å². The minimum Gasteiger partial charge on any atom is -0.508 e. The van der Waals surface area contributed by atoms with Gasteiger partial charge in [0.25, 0.3) is 0 Å². The normalized spacial score (nSPS) is 14.1. The van der Waals surface area contributed by atoms with Crippen LogP contribution in [0.4, 0.5) is 0 Å². The molecule has 0 saturated heterocycles. The first-order valence-electron chi connectivity index (χ1n) is 6.68. The molecule has 100 valence electrons. The van der Waals surface area contributed by atoms with Crippen LogP contribution in [0.5, 0.6) is 5.75 Å². The summed E-state index contributed by atoms with van der Waals surface area (Å²) in [6.45, 7) is 6.19. The third kappa shape index (κ3) is 3.36. The standard InChI is InChI=1S/C17H21NO/c1-12-9-10-16(17(19)11-12)14(3)18-13(2)15-7-5-4-6-8-15/h4-11,13-14,18-19H,1-3H3/t13-,14?/m0/s1. The SMILES string of the molecule is Cc1ccc(C(C)N[C@@H](C)c2ccccc2)c(O)c1. The minimum absolute atomic E-state index is 0.107. The minimum atomic E-state index is 0.107. The van der Waals surface area contributed by atoms with Crippen LogP contribution in [0.3, 0.4) is 0 Å². The van der Waals surface area contributed by atoms with Crippen LogP contribution in [-0.4, -0.2) is 5.11 Å². The lowest BCUT2D eigenvalue weighted by Gasteiger charge is -2.21. The van der Waals surface area contributed by atoms with Crippen molar-refractivity contribution in [3.05, 3.63) is 65.2 Å². The van der Waals surface area contributed by atoms with Crippen molar-refractivity contribution in [2.24, 2.45) is 0 Å². The third-order valence-corrected chi connectivity index (χ3v) is 3.45. The maximum atomic E-state index is 10.0. The van der Waals surface area contributed by atoms with Gasteiger partial charge in [-0.15, -0.1) is 0 Å². The first-order chi connectivity index (χ1) is 9.08. The largest absolute Gasteiger partial charge is 0.508 e. The number of phenols is 1. The van der Waals surface area contributed by atoms with Crippen molar-refractivity contribution in [1.29, 1.82) is 0 Å². The molecule has 0 amide bonds. The Labute approximate surface area is 115 Å². The molecule has 2 aromatic rings. The van der Waals surface area contributed by atoms with E-state index in [1.807, 2.05) is 37.3 Å². The van der Waals surface area contributed by atoms with Crippen LogP contribution in [-0.2, 0) is 0 Å². The molecule has 2 aromatic carbocycles. The number of rotatable bonds is 4. The molecule has 0 aliphatic carbocycles. The molecule has 2 nitrogen and oxygen atoms in total. The maximum absolute atomic E-state index is 10.0. The van der Waals surface area contributed by atoms with Crippen LogP contribution in [0.15, 0.2) is 48.5 Å². The first kappa shape index (κ1) is 13.6. The molecule has 19 heavy (non-hydrogen) atoms. The van der Waals surface area contributed by atoms with E-state index in [0.29, 0.717) is 5.75 Å². The van der Waals surface area contributed by atoms with Crippen LogP contribution in [0.1, 0.15) is 42.6 Å². The number of hydrogen-bond donors (Lipinski definition) is 2. The van der Waals surface area contributed by atoms with Crippen LogP contribution < -0.4 is 5.32 Å². The molecule has 0 aliphatic rings. The molecule has 2 rings (SSSR count). The third-order valence-electron chi connectivity index (χ3n) is 3.45. The lowest BCUT2D eigenvalue weighted by molar-refractivity contribution is 0.438. The highest BCUT2D eigenvalue weighted by Crippen LogP contribution is 2.27. The second kappa shape index (κ2) is 5.89. The molecule has 0 bridgehead atoms. The zero-order valence-electron chi connectivity index (χ0n) is 11.7. The Bertz CT molecular complexity index is 536. The van der Waals surface area contributed by atoms with E-state index in [0.717, 1.165) is 11.1 Å². The van der Waals surface area contributed by atoms with Gasteiger partial charge in [-0.25, -0.2) is 0 Å². The average molecular weight is 255 g/mol. The van der Waals surface area contributed by atoms with Gasteiger partial charge in [0.1, 0.15) is 5.75 Å². The number of hydrogen-bond acceptors (Lipinski definition) is 2. The Morgan fingerprint density at radius 2 is 1.63 bits per heavy atom. The lowest BCUT2D eigenvalue weighted by Crippen LogP contribution is -2.22. The van der Waals surface area contributed by atoms with Gasteiger partial charge in [-0.05, 0) is 38.0 Å². The number of aromatic hydroxyl groups is 1. The van der Waals surface area contributed by atoms with E-state index in [2.05, 4.69) is 31.3 Å². The van der Waals surface area contributed by atoms with E-state index >= 15 is 0 Å². The Morgan fingerprint density at radius 1 is 0.947 bits per heavy atom.